The minimum absolute atomic E-state index is 0.119. The minimum Gasteiger partial charge on any atom is -0.505 e. The average Bonchev–Trinajstić information content (AvgIpc) is 2.24. The molecule has 0 saturated carbocycles. The number of phenolic OH excluding ortho intramolecular Hbond substituents is 1. The second-order valence-corrected chi connectivity index (χ2v) is 4.40. The van der Waals surface area contributed by atoms with Crippen LogP contribution in [0.5, 0.6) is 5.75 Å². The average molecular weight is 236 g/mol. The van der Waals surface area contributed by atoms with Gasteiger partial charge >= 0.3 is 0 Å². The van der Waals surface area contributed by atoms with E-state index in [1.165, 1.54) is 0 Å². The molecule has 1 amide bonds. The molecular weight excluding hydrogens is 216 g/mol. The number of amides is 1. The van der Waals surface area contributed by atoms with Gasteiger partial charge in [-0.25, -0.2) is 0 Å². The van der Waals surface area contributed by atoms with Gasteiger partial charge in [-0.2, -0.15) is 0 Å². The first-order valence-corrected chi connectivity index (χ1v) is 5.79. The summed E-state index contributed by atoms with van der Waals surface area (Å²) < 4.78 is 0. The van der Waals surface area contributed by atoms with Crippen molar-refractivity contribution in [2.45, 2.75) is 39.7 Å². The number of rotatable bonds is 4. The van der Waals surface area contributed by atoms with Crippen molar-refractivity contribution < 1.29 is 9.90 Å². The molecule has 0 saturated heterocycles. The van der Waals surface area contributed by atoms with Crippen LogP contribution in [0.2, 0.25) is 0 Å². The van der Waals surface area contributed by atoms with E-state index in [1.54, 1.807) is 13.0 Å². The maximum atomic E-state index is 11.7. The fraction of sp³-hybridized carbons (Fsp3) is 0.462. The third-order valence-corrected chi connectivity index (χ3v) is 2.69. The second-order valence-electron chi connectivity index (χ2n) is 4.40. The van der Waals surface area contributed by atoms with Crippen molar-refractivity contribution in [3.8, 4) is 5.75 Å². The van der Waals surface area contributed by atoms with Crippen LogP contribution in [0.4, 0.5) is 5.69 Å². The Kier molecular flexibility index (Phi) is 4.52. The smallest absolute Gasteiger partial charge is 0.226 e. The molecule has 1 rings (SSSR count). The second kappa shape index (κ2) is 5.68. The first kappa shape index (κ1) is 13.5. The standard InChI is InChI=1S/C13H20N2O2/c1-4-10(14)7-12(16)15-11-6-8(2)5-9(3)13(11)17/h5-6,10,17H,4,7,14H2,1-3H3,(H,15,16). The molecule has 1 atom stereocenters. The summed E-state index contributed by atoms with van der Waals surface area (Å²) in [5, 5.41) is 12.5. The van der Waals surface area contributed by atoms with Crippen LogP contribution in [-0.2, 0) is 4.79 Å². The lowest BCUT2D eigenvalue weighted by atomic mass is 10.1. The molecule has 0 aliphatic carbocycles. The molecular formula is C13H20N2O2. The summed E-state index contributed by atoms with van der Waals surface area (Å²) in [6.07, 6.45) is 1.02. The zero-order chi connectivity index (χ0) is 13.0. The maximum absolute atomic E-state index is 11.7. The Balaban J connectivity index is 2.78. The van der Waals surface area contributed by atoms with Gasteiger partial charge in [-0.15, -0.1) is 0 Å². The molecule has 4 heteroatoms. The van der Waals surface area contributed by atoms with Crippen LogP contribution in [0.3, 0.4) is 0 Å². The first-order valence-electron chi connectivity index (χ1n) is 5.79. The predicted octanol–water partition coefficient (Wildman–Crippen LogP) is 2.07. The molecule has 17 heavy (non-hydrogen) atoms. The summed E-state index contributed by atoms with van der Waals surface area (Å²) in [6, 6.07) is 3.48. The van der Waals surface area contributed by atoms with E-state index in [0.29, 0.717) is 5.69 Å². The summed E-state index contributed by atoms with van der Waals surface area (Å²) >= 11 is 0. The Morgan fingerprint density at radius 2 is 2.12 bits per heavy atom. The number of aromatic hydroxyl groups is 1. The van der Waals surface area contributed by atoms with Gasteiger partial charge in [-0.05, 0) is 37.5 Å². The van der Waals surface area contributed by atoms with Gasteiger partial charge in [0.2, 0.25) is 5.91 Å². The number of aryl methyl sites for hydroxylation is 2. The highest BCUT2D eigenvalue weighted by atomic mass is 16.3. The molecule has 1 aromatic carbocycles. The van der Waals surface area contributed by atoms with E-state index in [1.807, 2.05) is 19.9 Å². The fourth-order valence-electron chi connectivity index (χ4n) is 1.64. The quantitative estimate of drug-likeness (QED) is 0.700. The van der Waals surface area contributed by atoms with Crippen molar-refractivity contribution in [1.29, 1.82) is 0 Å². The molecule has 1 unspecified atom stereocenters. The highest BCUT2D eigenvalue weighted by Gasteiger charge is 2.11. The molecule has 4 nitrogen and oxygen atoms in total. The number of hydrogen-bond donors (Lipinski definition) is 3. The van der Waals surface area contributed by atoms with E-state index < -0.39 is 0 Å². The maximum Gasteiger partial charge on any atom is 0.226 e. The molecule has 0 bridgehead atoms. The fourth-order valence-corrected chi connectivity index (χ4v) is 1.64. The Morgan fingerprint density at radius 1 is 1.47 bits per heavy atom. The number of nitrogens with one attached hydrogen (secondary N) is 1. The SMILES string of the molecule is CCC(N)CC(=O)Nc1cc(C)cc(C)c1O. The lowest BCUT2D eigenvalue weighted by molar-refractivity contribution is -0.116. The summed E-state index contributed by atoms with van der Waals surface area (Å²) in [7, 11) is 0. The number of carbonyl (C=O) groups is 1. The molecule has 4 N–H and O–H groups in total. The van der Waals surface area contributed by atoms with Crippen LogP contribution in [0.25, 0.3) is 0 Å². The largest absolute Gasteiger partial charge is 0.505 e. The van der Waals surface area contributed by atoms with E-state index in [9.17, 15) is 9.90 Å². The Bertz CT molecular complexity index is 416. The van der Waals surface area contributed by atoms with Crippen LogP contribution in [-0.4, -0.2) is 17.1 Å². The third-order valence-electron chi connectivity index (χ3n) is 2.69. The third kappa shape index (κ3) is 3.75. The molecule has 0 radical (unpaired) electrons. The molecule has 1 aromatic rings. The topological polar surface area (TPSA) is 75.4 Å². The van der Waals surface area contributed by atoms with Crippen molar-refractivity contribution in [3.05, 3.63) is 23.3 Å². The molecule has 0 aliphatic rings. The van der Waals surface area contributed by atoms with Crippen LogP contribution >= 0.6 is 0 Å². The van der Waals surface area contributed by atoms with Crippen molar-refractivity contribution in [2.75, 3.05) is 5.32 Å². The predicted molar refractivity (Wildman–Crippen MR) is 69.1 cm³/mol. The van der Waals surface area contributed by atoms with Crippen LogP contribution in [0.1, 0.15) is 30.9 Å². The van der Waals surface area contributed by atoms with E-state index >= 15 is 0 Å². The van der Waals surface area contributed by atoms with E-state index in [-0.39, 0.29) is 24.1 Å². The lowest BCUT2D eigenvalue weighted by Gasteiger charge is -2.12. The number of carbonyl (C=O) groups excluding carboxylic acids is 1. The number of nitrogens with two attached hydrogens (primary N) is 1. The molecule has 0 aromatic heterocycles. The van der Waals surface area contributed by atoms with E-state index in [4.69, 9.17) is 5.73 Å². The summed E-state index contributed by atoms with van der Waals surface area (Å²) in [5.74, 6) is -0.0475. The number of benzene rings is 1. The van der Waals surface area contributed by atoms with Gasteiger partial charge in [-0.1, -0.05) is 13.0 Å². The normalized spacial score (nSPS) is 12.2. The van der Waals surface area contributed by atoms with Gasteiger partial charge in [-0.3, -0.25) is 4.79 Å². The zero-order valence-corrected chi connectivity index (χ0v) is 10.6. The van der Waals surface area contributed by atoms with Gasteiger partial charge in [0.1, 0.15) is 5.75 Å². The summed E-state index contributed by atoms with van der Waals surface area (Å²) in [4.78, 5) is 11.7. The number of anilines is 1. The van der Waals surface area contributed by atoms with Crippen molar-refractivity contribution >= 4 is 11.6 Å². The van der Waals surface area contributed by atoms with Crippen LogP contribution < -0.4 is 11.1 Å². The molecule has 0 fully saturated rings. The molecule has 94 valence electrons. The van der Waals surface area contributed by atoms with Gasteiger partial charge in [0.05, 0.1) is 5.69 Å². The number of phenols is 1. The lowest BCUT2D eigenvalue weighted by Crippen LogP contribution is -2.26. The summed E-state index contributed by atoms with van der Waals surface area (Å²) in [6.45, 7) is 5.65. The highest BCUT2D eigenvalue weighted by Crippen LogP contribution is 2.28. The first-order chi connectivity index (χ1) is 7.93. The van der Waals surface area contributed by atoms with Gasteiger partial charge in [0.25, 0.3) is 0 Å². The number of hydrogen-bond acceptors (Lipinski definition) is 3. The molecule has 0 aliphatic heterocycles. The van der Waals surface area contributed by atoms with Crippen molar-refractivity contribution in [2.24, 2.45) is 5.73 Å². The molecule has 0 heterocycles. The zero-order valence-electron chi connectivity index (χ0n) is 10.6. The van der Waals surface area contributed by atoms with Gasteiger partial charge < -0.3 is 16.2 Å². The van der Waals surface area contributed by atoms with Gasteiger partial charge in [0.15, 0.2) is 0 Å². The van der Waals surface area contributed by atoms with Gasteiger partial charge in [0, 0.05) is 12.5 Å². The highest BCUT2D eigenvalue weighted by molar-refractivity contribution is 5.92. The van der Waals surface area contributed by atoms with Crippen LogP contribution in [0.15, 0.2) is 12.1 Å². The minimum atomic E-state index is -0.167. The van der Waals surface area contributed by atoms with Crippen molar-refractivity contribution in [1.82, 2.24) is 0 Å². The Morgan fingerprint density at radius 3 is 2.71 bits per heavy atom. The van der Waals surface area contributed by atoms with E-state index in [2.05, 4.69) is 5.32 Å². The van der Waals surface area contributed by atoms with E-state index in [0.717, 1.165) is 17.5 Å². The Hall–Kier alpha value is -1.55. The molecule has 0 spiro atoms. The monoisotopic (exact) mass is 236 g/mol. The van der Waals surface area contributed by atoms with Crippen LogP contribution in [0, 0.1) is 13.8 Å². The Labute approximate surface area is 102 Å². The summed E-state index contributed by atoms with van der Waals surface area (Å²) in [5.41, 5.74) is 7.90. The van der Waals surface area contributed by atoms with Crippen molar-refractivity contribution in [3.63, 3.8) is 0 Å².